The molecule has 2 heterocycles. The number of nitrogens with one attached hydrogen (secondary N) is 1. The molecule has 1 aromatic carbocycles. The minimum absolute atomic E-state index is 0.0141. The fraction of sp³-hybridized carbons (Fsp3) is 0.375. The van der Waals surface area contributed by atoms with Crippen LogP contribution in [0.1, 0.15) is 37.9 Å². The average Bonchev–Trinajstić information content (AvgIpc) is 3.58. The molecule has 0 unspecified atom stereocenters. The van der Waals surface area contributed by atoms with Crippen LogP contribution < -0.4 is 14.2 Å². The van der Waals surface area contributed by atoms with Gasteiger partial charge in [0.15, 0.2) is 0 Å². The molecule has 1 amide bonds. The third kappa shape index (κ3) is 4.50. The number of methoxy groups -OCH3 is 1. The lowest BCUT2D eigenvalue weighted by Gasteiger charge is -2.20. The van der Waals surface area contributed by atoms with Crippen LogP contribution in [0.15, 0.2) is 47.5 Å². The highest BCUT2D eigenvalue weighted by atomic mass is 32.2. The Bertz CT molecular complexity index is 1320. The van der Waals surface area contributed by atoms with E-state index in [1.807, 2.05) is 20.8 Å². The monoisotopic (exact) mass is 469 g/mol. The van der Waals surface area contributed by atoms with E-state index in [1.54, 1.807) is 30.3 Å². The Labute approximate surface area is 193 Å². The van der Waals surface area contributed by atoms with E-state index in [1.165, 1.54) is 19.4 Å². The van der Waals surface area contributed by atoms with Gasteiger partial charge in [0.05, 0.1) is 35.7 Å². The molecule has 0 atom stereocenters. The van der Waals surface area contributed by atoms with Gasteiger partial charge in [-0.15, -0.1) is 0 Å². The molecule has 1 fully saturated rings. The summed E-state index contributed by atoms with van der Waals surface area (Å²) in [5.74, 6) is 0.467. The number of hydrogen-bond donors (Lipinski definition) is 1. The fourth-order valence-corrected chi connectivity index (χ4v) is 5.03. The first-order valence-electron chi connectivity index (χ1n) is 10.8. The number of amides is 1. The largest absolute Gasteiger partial charge is 0.491 e. The van der Waals surface area contributed by atoms with Crippen molar-refractivity contribution in [2.24, 2.45) is 5.92 Å². The van der Waals surface area contributed by atoms with E-state index < -0.39 is 21.3 Å². The van der Waals surface area contributed by atoms with Crippen LogP contribution in [-0.4, -0.2) is 38.0 Å². The number of nitrogens with zero attached hydrogens (tertiary/aromatic N) is 2. The zero-order valence-electron chi connectivity index (χ0n) is 19.1. The summed E-state index contributed by atoms with van der Waals surface area (Å²) in [6.45, 7) is 6.31. The van der Waals surface area contributed by atoms with Gasteiger partial charge in [-0.25, -0.2) is 18.1 Å². The predicted molar refractivity (Wildman–Crippen MR) is 124 cm³/mol. The van der Waals surface area contributed by atoms with Gasteiger partial charge < -0.3 is 9.47 Å². The van der Waals surface area contributed by atoms with Crippen molar-refractivity contribution >= 4 is 26.8 Å². The number of fused-ring (bicyclic) bond motifs is 1. The molecule has 0 aliphatic heterocycles. The van der Waals surface area contributed by atoms with Crippen molar-refractivity contribution in [2.45, 2.75) is 43.9 Å². The van der Waals surface area contributed by atoms with Crippen molar-refractivity contribution in [3.8, 4) is 11.6 Å². The Kier molecular flexibility index (Phi) is 6.00. The Morgan fingerprint density at radius 3 is 2.64 bits per heavy atom. The van der Waals surface area contributed by atoms with Crippen molar-refractivity contribution in [1.82, 2.24) is 14.7 Å². The first kappa shape index (κ1) is 23.0. The van der Waals surface area contributed by atoms with E-state index in [0.717, 1.165) is 5.69 Å². The van der Waals surface area contributed by atoms with E-state index in [-0.39, 0.29) is 10.8 Å². The van der Waals surface area contributed by atoms with E-state index in [2.05, 4.69) is 14.7 Å². The Balaban J connectivity index is 1.68. The number of carbonyl (C=O) groups is 1. The van der Waals surface area contributed by atoms with Crippen LogP contribution in [0.2, 0.25) is 0 Å². The predicted octanol–water partition coefficient (Wildman–Crippen LogP) is 3.52. The van der Waals surface area contributed by atoms with Crippen molar-refractivity contribution in [2.75, 3.05) is 13.7 Å². The summed E-state index contributed by atoms with van der Waals surface area (Å²) in [4.78, 5) is 22.0. The third-order valence-electron chi connectivity index (χ3n) is 5.67. The lowest BCUT2D eigenvalue weighted by Crippen LogP contribution is -2.39. The number of benzene rings is 1. The summed E-state index contributed by atoms with van der Waals surface area (Å²) in [7, 11) is -2.64. The van der Waals surface area contributed by atoms with Crippen molar-refractivity contribution in [1.29, 1.82) is 0 Å². The smallest absolute Gasteiger partial charge is 0.264 e. The van der Waals surface area contributed by atoms with Crippen LogP contribution in [-0.2, 0) is 20.2 Å². The minimum atomic E-state index is -4.13. The van der Waals surface area contributed by atoms with Crippen molar-refractivity contribution < 1.29 is 22.7 Å². The summed E-state index contributed by atoms with van der Waals surface area (Å²) in [6.07, 6.45) is 2.52. The standard InChI is InChI=1S/C24H27N3O5S/c1-15(2)14-32-20-13-25-22(31-4)12-18(20)24(10-11-24)23(28)27-33(29,30)21-7-5-6-19-17(21)9-8-16(3)26-19/h5-9,12-13,15H,10-11,14H2,1-4H3,(H,27,28). The second-order valence-electron chi connectivity index (χ2n) is 8.72. The second kappa shape index (κ2) is 8.62. The van der Waals surface area contributed by atoms with Crippen LogP contribution in [0.5, 0.6) is 11.6 Å². The molecule has 1 aliphatic carbocycles. The van der Waals surface area contributed by atoms with Crippen LogP contribution in [0, 0.1) is 12.8 Å². The highest BCUT2D eigenvalue weighted by molar-refractivity contribution is 7.90. The second-order valence-corrected chi connectivity index (χ2v) is 10.4. The normalized spacial score (nSPS) is 14.8. The number of sulfonamides is 1. The Morgan fingerprint density at radius 2 is 1.97 bits per heavy atom. The van der Waals surface area contributed by atoms with Gasteiger partial charge in [-0.05, 0) is 49.9 Å². The lowest BCUT2D eigenvalue weighted by molar-refractivity contribution is -0.121. The highest BCUT2D eigenvalue weighted by Gasteiger charge is 2.54. The molecule has 1 aliphatic rings. The Morgan fingerprint density at radius 1 is 1.21 bits per heavy atom. The van der Waals surface area contributed by atoms with E-state index in [9.17, 15) is 13.2 Å². The minimum Gasteiger partial charge on any atom is -0.491 e. The summed E-state index contributed by atoms with van der Waals surface area (Å²) in [5, 5.41) is 0.458. The van der Waals surface area contributed by atoms with Gasteiger partial charge >= 0.3 is 0 Å². The third-order valence-corrected chi connectivity index (χ3v) is 7.06. The van der Waals surface area contributed by atoms with Gasteiger partial charge in [-0.3, -0.25) is 9.78 Å². The molecule has 1 saturated carbocycles. The maximum atomic E-state index is 13.4. The zero-order valence-corrected chi connectivity index (χ0v) is 19.9. The maximum absolute atomic E-state index is 13.4. The number of aromatic nitrogens is 2. The lowest BCUT2D eigenvalue weighted by atomic mass is 9.95. The highest BCUT2D eigenvalue weighted by Crippen LogP contribution is 2.52. The van der Waals surface area contributed by atoms with Crippen molar-refractivity contribution in [3.63, 3.8) is 0 Å². The molecule has 9 heteroatoms. The molecule has 174 valence electrons. The quantitative estimate of drug-likeness (QED) is 0.538. The molecule has 1 N–H and O–H groups in total. The summed E-state index contributed by atoms with van der Waals surface area (Å²) >= 11 is 0. The topological polar surface area (TPSA) is 107 Å². The fourth-order valence-electron chi connectivity index (χ4n) is 3.76. The molecule has 3 aromatic rings. The molecule has 4 rings (SSSR count). The number of ether oxygens (including phenoxy) is 2. The van der Waals surface area contributed by atoms with Gasteiger partial charge in [-0.2, -0.15) is 0 Å². The molecule has 0 bridgehead atoms. The molecule has 2 aromatic heterocycles. The first-order valence-corrected chi connectivity index (χ1v) is 12.3. The van der Waals surface area contributed by atoms with Gasteiger partial charge in [0.2, 0.25) is 11.8 Å². The number of rotatable bonds is 8. The molecule has 0 radical (unpaired) electrons. The van der Waals surface area contributed by atoms with Crippen LogP contribution >= 0.6 is 0 Å². The molecular formula is C24H27N3O5S. The zero-order chi connectivity index (χ0) is 23.8. The number of pyridine rings is 2. The van der Waals surface area contributed by atoms with Gasteiger partial charge in [0, 0.05) is 22.7 Å². The number of aryl methyl sites for hydroxylation is 1. The van der Waals surface area contributed by atoms with Crippen LogP contribution in [0.3, 0.4) is 0 Å². The molecular weight excluding hydrogens is 442 g/mol. The van der Waals surface area contributed by atoms with Crippen LogP contribution in [0.4, 0.5) is 0 Å². The number of hydrogen-bond acceptors (Lipinski definition) is 7. The summed E-state index contributed by atoms with van der Waals surface area (Å²) in [5.41, 5.74) is 0.890. The summed E-state index contributed by atoms with van der Waals surface area (Å²) in [6, 6.07) is 9.93. The molecule has 0 spiro atoms. The van der Waals surface area contributed by atoms with Gasteiger partial charge in [0.25, 0.3) is 10.0 Å². The average molecular weight is 470 g/mol. The maximum Gasteiger partial charge on any atom is 0.264 e. The first-order chi connectivity index (χ1) is 15.7. The Hall–Kier alpha value is -3.20. The molecule has 0 saturated heterocycles. The van der Waals surface area contributed by atoms with Gasteiger partial charge in [-0.1, -0.05) is 19.9 Å². The van der Waals surface area contributed by atoms with E-state index >= 15 is 0 Å². The van der Waals surface area contributed by atoms with Crippen molar-refractivity contribution in [3.05, 3.63) is 53.9 Å². The van der Waals surface area contributed by atoms with Crippen LogP contribution in [0.25, 0.3) is 10.9 Å². The van der Waals surface area contributed by atoms with Gasteiger partial charge in [0.1, 0.15) is 5.75 Å². The summed E-state index contributed by atoms with van der Waals surface area (Å²) < 4.78 is 39.9. The van der Waals surface area contributed by atoms with E-state index in [4.69, 9.17) is 9.47 Å². The SMILES string of the molecule is COc1cc(C2(C(=O)NS(=O)(=O)c3cccc4nc(C)ccc34)CC2)c(OCC(C)C)cn1. The molecule has 8 nitrogen and oxygen atoms in total. The van der Waals surface area contributed by atoms with E-state index in [0.29, 0.717) is 47.5 Å². The molecule has 33 heavy (non-hydrogen) atoms. The number of carbonyl (C=O) groups excluding carboxylic acids is 1.